The molecule has 0 radical (unpaired) electrons. The molecule has 2 aromatic heterocycles. The van der Waals surface area contributed by atoms with Crippen LogP contribution < -0.4 is 0 Å². The monoisotopic (exact) mass is 215 g/mol. The molecule has 0 atom stereocenters. The summed E-state index contributed by atoms with van der Waals surface area (Å²) in [5, 5.41) is 0.976. The van der Waals surface area contributed by atoms with Crippen molar-refractivity contribution in [3.63, 3.8) is 0 Å². The first kappa shape index (κ1) is 8.03. The van der Waals surface area contributed by atoms with Crippen LogP contribution in [0.25, 0.3) is 10.2 Å². The molecule has 0 aromatic carbocycles. The van der Waals surface area contributed by atoms with Crippen LogP contribution in [0.15, 0.2) is 0 Å². The van der Waals surface area contributed by atoms with Gasteiger partial charge in [-0.15, -0.1) is 0 Å². The molecule has 0 aliphatic rings. The summed E-state index contributed by atoms with van der Waals surface area (Å²) in [6.07, 6.45) is 0. The topological polar surface area (TPSA) is 44.5 Å². The Balaban J connectivity index is 3.13. The first-order chi connectivity index (χ1) is 5.68. The van der Waals surface area contributed by atoms with Crippen molar-refractivity contribution in [1.29, 1.82) is 0 Å². The van der Waals surface area contributed by atoms with Crippen molar-refractivity contribution < 1.29 is 0 Å². The summed E-state index contributed by atoms with van der Waals surface area (Å²) < 4.78 is 5.39. The van der Waals surface area contributed by atoms with Crippen molar-refractivity contribution >= 4 is 46.2 Å². The summed E-state index contributed by atoms with van der Waals surface area (Å²) in [7, 11) is 0. The SMILES string of the molecule is Cc1nsc2[nH]c(=S)[nH]c(=S)c12. The van der Waals surface area contributed by atoms with Crippen LogP contribution in [0.2, 0.25) is 0 Å². The highest BCUT2D eigenvalue weighted by Crippen LogP contribution is 2.19. The Hall–Kier alpha value is -0.590. The lowest BCUT2D eigenvalue weighted by Gasteiger charge is -1.90. The Morgan fingerprint density at radius 2 is 2.08 bits per heavy atom. The Morgan fingerprint density at radius 3 is 2.83 bits per heavy atom. The Bertz CT molecular complexity index is 533. The number of aromatic amines is 2. The van der Waals surface area contributed by atoms with E-state index in [9.17, 15) is 0 Å². The predicted molar refractivity (Wildman–Crippen MR) is 54.7 cm³/mol. The second kappa shape index (κ2) is 2.72. The van der Waals surface area contributed by atoms with Gasteiger partial charge in [-0.3, -0.25) is 0 Å². The third-order valence-electron chi connectivity index (χ3n) is 1.54. The van der Waals surface area contributed by atoms with E-state index in [1.54, 1.807) is 0 Å². The van der Waals surface area contributed by atoms with E-state index in [0.29, 0.717) is 9.41 Å². The first-order valence-electron chi connectivity index (χ1n) is 3.27. The fourth-order valence-corrected chi connectivity index (χ4v) is 2.58. The average Bonchev–Trinajstić information content (AvgIpc) is 2.31. The van der Waals surface area contributed by atoms with E-state index in [4.69, 9.17) is 24.4 Å². The van der Waals surface area contributed by atoms with Gasteiger partial charge < -0.3 is 9.97 Å². The fourth-order valence-electron chi connectivity index (χ4n) is 1.02. The van der Waals surface area contributed by atoms with E-state index in [1.807, 2.05) is 6.92 Å². The van der Waals surface area contributed by atoms with Gasteiger partial charge in [-0.25, -0.2) is 0 Å². The van der Waals surface area contributed by atoms with Crippen molar-refractivity contribution in [3.05, 3.63) is 15.1 Å². The normalized spacial score (nSPS) is 10.8. The zero-order chi connectivity index (χ0) is 8.72. The van der Waals surface area contributed by atoms with Crippen molar-refractivity contribution in [1.82, 2.24) is 14.3 Å². The highest BCUT2D eigenvalue weighted by atomic mass is 32.1. The predicted octanol–water partition coefficient (Wildman–Crippen LogP) is 2.72. The van der Waals surface area contributed by atoms with Gasteiger partial charge in [0.25, 0.3) is 0 Å². The summed E-state index contributed by atoms with van der Waals surface area (Å²) in [4.78, 5) is 6.83. The highest BCUT2D eigenvalue weighted by Gasteiger charge is 2.03. The van der Waals surface area contributed by atoms with Gasteiger partial charge in [0.2, 0.25) is 0 Å². The van der Waals surface area contributed by atoms with Gasteiger partial charge in [0.1, 0.15) is 9.47 Å². The molecule has 2 N–H and O–H groups in total. The van der Waals surface area contributed by atoms with Crippen LogP contribution in [-0.4, -0.2) is 14.3 Å². The van der Waals surface area contributed by atoms with Gasteiger partial charge in [0.05, 0.1) is 11.1 Å². The molecule has 12 heavy (non-hydrogen) atoms. The summed E-state index contributed by atoms with van der Waals surface area (Å²) in [5.74, 6) is 0. The summed E-state index contributed by atoms with van der Waals surface area (Å²) in [5.41, 5.74) is 0.947. The van der Waals surface area contributed by atoms with Crippen molar-refractivity contribution in [3.8, 4) is 0 Å². The molecule has 2 aromatic rings. The molecule has 2 rings (SSSR count). The summed E-state index contributed by atoms with van der Waals surface area (Å²) in [6, 6.07) is 0. The van der Waals surface area contributed by atoms with Crippen LogP contribution in [0, 0.1) is 16.3 Å². The van der Waals surface area contributed by atoms with Crippen LogP contribution in [0.5, 0.6) is 0 Å². The van der Waals surface area contributed by atoms with E-state index in [2.05, 4.69) is 14.3 Å². The molecule has 0 fully saturated rings. The number of aromatic nitrogens is 3. The lowest BCUT2D eigenvalue weighted by Crippen LogP contribution is -1.82. The molecule has 6 heteroatoms. The third kappa shape index (κ3) is 1.12. The summed E-state index contributed by atoms with van der Waals surface area (Å²) in [6.45, 7) is 1.93. The molecule has 0 aliphatic carbocycles. The van der Waals surface area contributed by atoms with Crippen LogP contribution in [0.4, 0.5) is 0 Å². The number of nitrogens with zero attached hydrogens (tertiary/aromatic N) is 1. The second-order valence-corrected chi connectivity index (χ2v) is 3.97. The molecule has 2 heterocycles. The lowest BCUT2D eigenvalue weighted by molar-refractivity contribution is 1.17. The number of H-pyrrole nitrogens is 2. The van der Waals surface area contributed by atoms with Gasteiger partial charge in [-0.2, -0.15) is 4.37 Å². The van der Waals surface area contributed by atoms with Crippen LogP contribution in [0.1, 0.15) is 5.69 Å². The van der Waals surface area contributed by atoms with Crippen molar-refractivity contribution in [2.45, 2.75) is 6.92 Å². The van der Waals surface area contributed by atoms with Crippen LogP contribution in [0.3, 0.4) is 0 Å². The van der Waals surface area contributed by atoms with E-state index in [-0.39, 0.29) is 0 Å². The van der Waals surface area contributed by atoms with Crippen molar-refractivity contribution in [2.24, 2.45) is 0 Å². The average molecular weight is 215 g/mol. The zero-order valence-electron chi connectivity index (χ0n) is 6.17. The smallest absolute Gasteiger partial charge is 0.176 e. The second-order valence-electron chi connectivity index (χ2n) is 2.38. The highest BCUT2D eigenvalue weighted by molar-refractivity contribution is 7.72. The van der Waals surface area contributed by atoms with Gasteiger partial charge in [-0.1, -0.05) is 12.2 Å². The maximum atomic E-state index is 5.11. The molecule has 0 spiro atoms. The minimum atomic E-state index is 0.552. The number of hydrogen-bond donors (Lipinski definition) is 2. The lowest BCUT2D eigenvalue weighted by atomic mass is 10.3. The van der Waals surface area contributed by atoms with E-state index in [0.717, 1.165) is 15.9 Å². The largest absolute Gasteiger partial charge is 0.323 e. The van der Waals surface area contributed by atoms with E-state index >= 15 is 0 Å². The first-order valence-corrected chi connectivity index (χ1v) is 4.86. The number of fused-ring (bicyclic) bond motifs is 1. The standard InChI is InChI=1S/C6H5N3S3/c1-2-3-4(10)7-6(11)8-5(3)12-9-2/h1H3,(H2,7,8,10,11). The maximum absolute atomic E-state index is 5.11. The molecule has 0 saturated heterocycles. The van der Waals surface area contributed by atoms with E-state index in [1.165, 1.54) is 11.5 Å². The molecule has 0 unspecified atom stereocenters. The number of aryl methyl sites for hydroxylation is 1. The molecule has 3 nitrogen and oxygen atoms in total. The van der Waals surface area contributed by atoms with Gasteiger partial charge >= 0.3 is 0 Å². The quantitative estimate of drug-likeness (QED) is 0.664. The molecule has 0 bridgehead atoms. The van der Waals surface area contributed by atoms with E-state index < -0.39 is 0 Å². The molecule has 62 valence electrons. The van der Waals surface area contributed by atoms with Gasteiger partial charge in [0.15, 0.2) is 4.77 Å². The number of rotatable bonds is 0. The molecule has 0 aliphatic heterocycles. The van der Waals surface area contributed by atoms with Crippen LogP contribution >= 0.6 is 36.0 Å². The molecule has 0 saturated carbocycles. The number of hydrogen-bond acceptors (Lipinski definition) is 4. The molecular weight excluding hydrogens is 210 g/mol. The van der Waals surface area contributed by atoms with Gasteiger partial charge in [-0.05, 0) is 30.7 Å². The van der Waals surface area contributed by atoms with Gasteiger partial charge in [0, 0.05) is 0 Å². The Kier molecular flexibility index (Phi) is 1.82. The fraction of sp³-hybridized carbons (Fsp3) is 0.167. The van der Waals surface area contributed by atoms with Crippen LogP contribution in [-0.2, 0) is 0 Å². The maximum Gasteiger partial charge on any atom is 0.176 e. The minimum Gasteiger partial charge on any atom is -0.323 e. The third-order valence-corrected chi connectivity index (χ3v) is 2.91. The molecule has 0 amide bonds. The Morgan fingerprint density at radius 1 is 1.33 bits per heavy atom. The molecular formula is C6H5N3S3. The minimum absolute atomic E-state index is 0.552. The Labute approximate surface area is 82.6 Å². The summed E-state index contributed by atoms with van der Waals surface area (Å²) >= 11 is 11.4. The number of nitrogens with one attached hydrogen (secondary N) is 2. The van der Waals surface area contributed by atoms with Crippen molar-refractivity contribution in [2.75, 3.05) is 0 Å². The zero-order valence-corrected chi connectivity index (χ0v) is 8.62.